The second-order valence-corrected chi connectivity index (χ2v) is 7.70. The highest BCUT2D eigenvalue weighted by Gasteiger charge is 2.24. The van der Waals surface area contributed by atoms with Crippen LogP contribution in [0, 0.1) is 11.8 Å². The Morgan fingerprint density at radius 1 is 1.08 bits per heavy atom. The molecule has 0 amide bonds. The Hall–Kier alpha value is -1.85. The summed E-state index contributed by atoms with van der Waals surface area (Å²) < 4.78 is 7.99. The number of fused-ring (bicyclic) bond motifs is 1. The molecule has 2 aliphatic rings. The van der Waals surface area contributed by atoms with Gasteiger partial charge < -0.3 is 14.6 Å². The van der Waals surface area contributed by atoms with Gasteiger partial charge >= 0.3 is 0 Å². The summed E-state index contributed by atoms with van der Waals surface area (Å²) in [5.41, 5.74) is 1.46. The van der Waals surface area contributed by atoms with Gasteiger partial charge in [-0.25, -0.2) is 4.98 Å². The number of ether oxygens (including phenoxy) is 1. The summed E-state index contributed by atoms with van der Waals surface area (Å²) in [6.45, 7) is 7.44. The molecule has 1 atom stereocenters. The van der Waals surface area contributed by atoms with Gasteiger partial charge in [0.15, 0.2) is 0 Å². The number of hydrogen-bond donors (Lipinski definition) is 1. The molecule has 0 radical (unpaired) electrons. The highest BCUT2D eigenvalue weighted by atomic mass is 16.5. The van der Waals surface area contributed by atoms with Crippen LogP contribution in [-0.4, -0.2) is 47.3 Å². The average Bonchev–Trinajstić information content (AvgIpc) is 3.03. The number of pyridine rings is 1. The predicted molar refractivity (Wildman–Crippen MR) is 104 cm³/mol. The van der Waals surface area contributed by atoms with E-state index in [1.807, 2.05) is 24.4 Å². The van der Waals surface area contributed by atoms with Gasteiger partial charge in [-0.2, -0.15) is 0 Å². The third kappa shape index (κ3) is 4.65. The number of rotatable bonds is 6. The maximum absolute atomic E-state index is 5.54. The van der Waals surface area contributed by atoms with Gasteiger partial charge in [-0.15, -0.1) is 0 Å². The summed E-state index contributed by atoms with van der Waals surface area (Å²) in [6.07, 6.45) is 7.67. The van der Waals surface area contributed by atoms with Crippen molar-refractivity contribution in [1.82, 2.24) is 14.5 Å². The van der Waals surface area contributed by atoms with Gasteiger partial charge in [-0.05, 0) is 55.4 Å². The lowest BCUT2D eigenvalue weighted by atomic mass is 9.98. The first-order chi connectivity index (χ1) is 12.9. The zero-order valence-corrected chi connectivity index (χ0v) is 15.5. The Bertz CT molecular complexity index is 666. The molecular formula is C21H30N4O. The van der Waals surface area contributed by atoms with Crippen molar-refractivity contribution in [3.63, 3.8) is 0 Å². The highest BCUT2D eigenvalue weighted by Crippen LogP contribution is 2.23. The molecule has 0 bridgehead atoms. The molecule has 1 saturated heterocycles. The van der Waals surface area contributed by atoms with E-state index < -0.39 is 0 Å². The molecular weight excluding hydrogens is 324 g/mol. The maximum atomic E-state index is 5.54. The molecule has 0 spiro atoms. The normalized spacial score (nSPS) is 21.9. The first-order valence-corrected chi connectivity index (χ1v) is 9.96. The first-order valence-electron chi connectivity index (χ1n) is 9.96. The van der Waals surface area contributed by atoms with E-state index in [2.05, 4.69) is 38.1 Å². The van der Waals surface area contributed by atoms with Crippen molar-refractivity contribution in [2.24, 2.45) is 11.8 Å². The van der Waals surface area contributed by atoms with Crippen molar-refractivity contribution < 1.29 is 4.74 Å². The molecule has 0 unspecified atom stereocenters. The largest absolute Gasteiger partial charge is 0.381 e. The fourth-order valence-electron chi connectivity index (χ4n) is 4.25. The van der Waals surface area contributed by atoms with Gasteiger partial charge in [0.05, 0.1) is 0 Å². The van der Waals surface area contributed by atoms with Crippen molar-refractivity contribution in [3.05, 3.63) is 48.4 Å². The zero-order valence-electron chi connectivity index (χ0n) is 15.5. The minimum Gasteiger partial charge on any atom is -0.381 e. The van der Waals surface area contributed by atoms with Gasteiger partial charge in [-0.1, -0.05) is 6.07 Å². The molecule has 5 nitrogen and oxygen atoms in total. The van der Waals surface area contributed by atoms with Gasteiger partial charge in [-0.3, -0.25) is 4.90 Å². The minimum atomic E-state index is 0.666. The molecule has 1 fully saturated rings. The molecule has 0 aliphatic carbocycles. The topological polar surface area (TPSA) is 42.3 Å². The van der Waals surface area contributed by atoms with Crippen LogP contribution >= 0.6 is 0 Å². The lowest BCUT2D eigenvalue weighted by Gasteiger charge is -2.30. The molecule has 0 saturated carbocycles. The zero-order chi connectivity index (χ0) is 17.6. The van der Waals surface area contributed by atoms with Gasteiger partial charge in [0.25, 0.3) is 0 Å². The van der Waals surface area contributed by atoms with Crippen molar-refractivity contribution in [3.8, 4) is 0 Å². The Kier molecular flexibility index (Phi) is 5.87. The van der Waals surface area contributed by atoms with Crippen molar-refractivity contribution in [2.75, 3.05) is 38.2 Å². The Morgan fingerprint density at radius 2 is 2.00 bits per heavy atom. The van der Waals surface area contributed by atoms with Crippen molar-refractivity contribution >= 4 is 5.82 Å². The quantitative estimate of drug-likeness (QED) is 0.865. The van der Waals surface area contributed by atoms with Crippen molar-refractivity contribution in [1.29, 1.82) is 0 Å². The third-order valence-corrected chi connectivity index (χ3v) is 5.66. The summed E-state index contributed by atoms with van der Waals surface area (Å²) in [7, 11) is 0. The van der Waals surface area contributed by atoms with Crippen molar-refractivity contribution in [2.45, 2.75) is 32.4 Å². The van der Waals surface area contributed by atoms with Gasteiger partial charge in [0, 0.05) is 64.0 Å². The smallest absolute Gasteiger partial charge is 0.125 e. The molecule has 1 N–H and O–H groups in total. The predicted octanol–water partition coefficient (Wildman–Crippen LogP) is 3.24. The van der Waals surface area contributed by atoms with E-state index >= 15 is 0 Å². The average molecular weight is 354 g/mol. The first kappa shape index (κ1) is 17.6. The van der Waals surface area contributed by atoms with Crippen LogP contribution in [-0.2, 0) is 17.8 Å². The number of aromatic nitrogens is 2. The van der Waals surface area contributed by atoms with E-state index in [1.165, 1.54) is 38.0 Å². The monoisotopic (exact) mass is 354 g/mol. The summed E-state index contributed by atoms with van der Waals surface area (Å²) in [5.74, 6) is 2.43. The number of nitrogens with one attached hydrogen (secondary N) is 1. The lowest BCUT2D eigenvalue weighted by Crippen LogP contribution is -2.35. The molecule has 26 heavy (non-hydrogen) atoms. The van der Waals surface area contributed by atoms with Crippen LogP contribution < -0.4 is 5.32 Å². The fourth-order valence-corrected chi connectivity index (χ4v) is 4.25. The summed E-state index contributed by atoms with van der Waals surface area (Å²) >= 11 is 0. The molecule has 2 aliphatic heterocycles. The van der Waals surface area contributed by atoms with E-state index in [9.17, 15) is 0 Å². The molecule has 4 rings (SSSR count). The van der Waals surface area contributed by atoms with E-state index in [4.69, 9.17) is 4.74 Å². The molecule has 0 aromatic carbocycles. The van der Waals surface area contributed by atoms with E-state index in [0.29, 0.717) is 5.92 Å². The van der Waals surface area contributed by atoms with Gasteiger partial charge in [0.2, 0.25) is 0 Å². The lowest BCUT2D eigenvalue weighted by molar-refractivity contribution is 0.0494. The summed E-state index contributed by atoms with van der Waals surface area (Å²) in [4.78, 5) is 7.04. The second-order valence-electron chi connectivity index (χ2n) is 7.70. The Labute approximate surface area is 156 Å². The van der Waals surface area contributed by atoms with E-state index in [-0.39, 0.29) is 0 Å². The standard InChI is InChI=1S/C21H30N4O/c1-2-9-22-21(5-1)23-10-6-19-15-24(14-18-7-12-26-13-8-18)17-20-4-3-11-25(20)16-19/h1-5,9,11,18-19H,6-8,10,12-17H2,(H,22,23)/t19-/m1/s1. The summed E-state index contributed by atoms with van der Waals surface area (Å²) in [5, 5.41) is 3.47. The minimum absolute atomic E-state index is 0.666. The number of hydrogen-bond acceptors (Lipinski definition) is 4. The van der Waals surface area contributed by atoms with Gasteiger partial charge in [0.1, 0.15) is 5.82 Å². The number of nitrogens with zero attached hydrogens (tertiary/aromatic N) is 3. The maximum Gasteiger partial charge on any atom is 0.125 e. The molecule has 2 aromatic rings. The molecule has 4 heterocycles. The molecule has 5 heteroatoms. The number of anilines is 1. The second kappa shape index (κ2) is 8.69. The molecule has 140 valence electrons. The van der Waals surface area contributed by atoms with Crippen LogP contribution in [0.2, 0.25) is 0 Å². The Balaban J connectivity index is 1.35. The van der Waals surface area contributed by atoms with E-state index in [1.54, 1.807) is 0 Å². The van der Waals surface area contributed by atoms with Crippen LogP contribution in [0.25, 0.3) is 0 Å². The molecule has 2 aromatic heterocycles. The fraction of sp³-hybridized carbons (Fsp3) is 0.571. The van der Waals surface area contributed by atoms with Crippen LogP contribution in [0.1, 0.15) is 25.0 Å². The third-order valence-electron chi connectivity index (χ3n) is 5.66. The van der Waals surface area contributed by atoms with Crippen LogP contribution in [0.3, 0.4) is 0 Å². The van der Waals surface area contributed by atoms with Crippen LogP contribution in [0.4, 0.5) is 5.82 Å². The summed E-state index contributed by atoms with van der Waals surface area (Å²) in [6, 6.07) is 10.5. The van der Waals surface area contributed by atoms with Crippen LogP contribution in [0.15, 0.2) is 42.7 Å². The highest BCUT2D eigenvalue weighted by molar-refractivity contribution is 5.32. The van der Waals surface area contributed by atoms with E-state index in [0.717, 1.165) is 44.6 Å². The van der Waals surface area contributed by atoms with Crippen LogP contribution in [0.5, 0.6) is 0 Å². The SMILES string of the molecule is c1ccc(NCC[C@@H]2CN(CC3CCOCC3)Cc3cccn3C2)nc1. The Morgan fingerprint density at radius 3 is 2.85 bits per heavy atom.